The number of fused-ring (bicyclic) bond motifs is 7. The van der Waals surface area contributed by atoms with E-state index in [1.165, 1.54) is 57.8 Å². The normalized spacial score (nSPS) is 51.1. The third kappa shape index (κ3) is 3.21. The highest BCUT2D eigenvalue weighted by Gasteiger charge is 2.68. The Morgan fingerprint density at radius 3 is 2.21 bits per heavy atom. The lowest BCUT2D eigenvalue weighted by Crippen LogP contribution is -2.64. The molecule has 0 radical (unpaired) electrons. The Balaban J connectivity index is 1.53. The van der Waals surface area contributed by atoms with Crippen molar-refractivity contribution in [3.63, 3.8) is 0 Å². The first kappa shape index (κ1) is 24.9. The summed E-state index contributed by atoms with van der Waals surface area (Å²) >= 11 is 0. The Morgan fingerprint density at radius 2 is 1.53 bits per heavy atom. The largest absolute Gasteiger partial charge is 0.462 e. The Morgan fingerprint density at radius 1 is 0.853 bits per heavy atom. The van der Waals surface area contributed by atoms with Gasteiger partial charge in [0, 0.05) is 12.3 Å². The lowest BCUT2D eigenvalue weighted by atomic mass is 9.33. The number of esters is 1. The SMILES string of the molecule is CC(=O)O[C@H]1CC[C@@]2(C)[C@H](CC[C@]3(C)[C@@H]2CC=C2[C@H]4CC(C)(C)CC[C@]4(C)CC[C@@]23C)C1(C)C. The number of hydrogen-bond donors (Lipinski definition) is 0. The van der Waals surface area contributed by atoms with Gasteiger partial charge in [-0.1, -0.05) is 67.0 Å². The quantitative estimate of drug-likeness (QED) is 0.284. The number of allylic oxidation sites excluding steroid dienone is 2. The zero-order valence-corrected chi connectivity index (χ0v) is 23.8. The van der Waals surface area contributed by atoms with Crippen LogP contribution in [0.15, 0.2) is 11.6 Å². The highest BCUT2D eigenvalue weighted by Crippen LogP contribution is 2.75. The lowest BCUT2D eigenvalue weighted by Gasteiger charge is -2.71. The molecule has 4 saturated carbocycles. The summed E-state index contributed by atoms with van der Waals surface area (Å²) < 4.78 is 5.91. The van der Waals surface area contributed by atoms with Crippen LogP contribution in [0.4, 0.5) is 0 Å². The van der Waals surface area contributed by atoms with Gasteiger partial charge in [-0.2, -0.15) is 0 Å². The molecule has 2 nitrogen and oxygen atoms in total. The van der Waals surface area contributed by atoms with Crippen LogP contribution in [0.3, 0.4) is 0 Å². The molecule has 5 aliphatic rings. The third-order valence-electron chi connectivity index (χ3n) is 13.3. The molecule has 0 saturated heterocycles. The minimum absolute atomic E-state index is 0.0451. The topological polar surface area (TPSA) is 26.3 Å². The fraction of sp³-hybridized carbons (Fsp3) is 0.906. The Kier molecular flexibility index (Phi) is 5.40. The molecule has 0 bridgehead atoms. The fourth-order valence-corrected chi connectivity index (χ4v) is 10.9. The molecule has 0 aromatic rings. The summed E-state index contributed by atoms with van der Waals surface area (Å²) in [7, 11) is 0. The average Bonchev–Trinajstić information content (AvgIpc) is 2.72. The minimum Gasteiger partial charge on any atom is -0.462 e. The van der Waals surface area contributed by atoms with Crippen molar-refractivity contribution >= 4 is 5.97 Å². The van der Waals surface area contributed by atoms with Crippen LogP contribution in [0.25, 0.3) is 0 Å². The zero-order chi connectivity index (χ0) is 24.9. The molecule has 0 aromatic carbocycles. The van der Waals surface area contributed by atoms with E-state index in [1.54, 1.807) is 6.92 Å². The summed E-state index contributed by atoms with van der Waals surface area (Å²) in [5.74, 6) is 2.01. The fourth-order valence-electron chi connectivity index (χ4n) is 10.9. The van der Waals surface area contributed by atoms with Crippen molar-refractivity contribution in [3.05, 3.63) is 11.6 Å². The van der Waals surface area contributed by atoms with Gasteiger partial charge in [0.15, 0.2) is 0 Å². The molecule has 5 rings (SSSR count). The molecule has 34 heavy (non-hydrogen) atoms. The van der Waals surface area contributed by atoms with Crippen molar-refractivity contribution in [1.29, 1.82) is 0 Å². The second kappa shape index (κ2) is 7.38. The molecule has 0 spiro atoms. The molecule has 192 valence electrons. The van der Waals surface area contributed by atoms with Gasteiger partial charge in [-0.3, -0.25) is 4.79 Å². The molecule has 0 amide bonds. The van der Waals surface area contributed by atoms with Crippen LogP contribution < -0.4 is 0 Å². The predicted molar refractivity (Wildman–Crippen MR) is 140 cm³/mol. The van der Waals surface area contributed by atoms with Crippen LogP contribution >= 0.6 is 0 Å². The van der Waals surface area contributed by atoms with E-state index < -0.39 is 0 Å². The van der Waals surface area contributed by atoms with E-state index in [0.717, 1.165) is 18.3 Å². The van der Waals surface area contributed by atoms with Gasteiger partial charge in [-0.25, -0.2) is 0 Å². The average molecular weight is 469 g/mol. The summed E-state index contributed by atoms with van der Waals surface area (Å²) in [6.45, 7) is 22.0. The maximum absolute atomic E-state index is 11.9. The molecule has 4 fully saturated rings. The van der Waals surface area contributed by atoms with Gasteiger partial charge < -0.3 is 4.74 Å². The first-order valence-electron chi connectivity index (χ1n) is 14.5. The number of carbonyl (C=O) groups is 1. The molecule has 0 aromatic heterocycles. The van der Waals surface area contributed by atoms with E-state index in [9.17, 15) is 4.79 Å². The van der Waals surface area contributed by atoms with Gasteiger partial charge in [0.05, 0.1) is 0 Å². The van der Waals surface area contributed by atoms with Crippen LogP contribution in [0.5, 0.6) is 0 Å². The van der Waals surface area contributed by atoms with Crippen LogP contribution in [0.1, 0.15) is 127 Å². The van der Waals surface area contributed by atoms with Gasteiger partial charge in [0.25, 0.3) is 0 Å². The van der Waals surface area contributed by atoms with E-state index in [4.69, 9.17) is 4.74 Å². The molecular weight excluding hydrogens is 416 g/mol. The molecule has 0 unspecified atom stereocenters. The number of ether oxygens (including phenoxy) is 1. The third-order valence-corrected chi connectivity index (χ3v) is 13.3. The van der Waals surface area contributed by atoms with Gasteiger partial charge in [0.1, 0.15) is 6.10 Å². The van der Waals surface area contributed by atoms with E-state index in [2.05, 4.69) is 61.5 Å². The van der Waals surface area contributed by atoms with Crippen molar-refractivity contribution in [1.82, 2.24) is 0 Å². The second-order valence-electron chi connectivity index (χ2n) is 15.8. The standard InChI is InChI=1S/C32H52O2/c1-21(33)34-26-13-14-30(7)24(28(26,4)5)12-15-32(9)25(30)11-10-22-23-20-27(2,3)16-17-29(23,6)18-19-31(22,32)8/h10,23-26H,11-20H2,1-9H3/t23-,24-,25-,26+,29-,30+,31+,32-/m1/s1. The predicted octanol–water partition coefficient (Wildman–Crippen LogP) is 8.74. The smallest absolute Gasteiger partial charge is 0.302 e. The number of rotatable bonds is 1. The van der Waals surface area contributed by atoms with E-state index in [-0.39, 0.29) is 17.5 Å². The molecule has 5 aliphatic carbocycles. The van der Waals surface area contributed by atoms with Crippen LogP contribution in [-0.4, -0.2) is 12.1 Å². The van der Waals surface area contributed by atoms with Crippen LogP contribution in [0.2, 0.25) is 0 Å². The Hall–Kier alpha value is -0.790. The summed E-state index contributed by atoms with van der Waals surface area (Å²) in [6.07, 6.45) is 15.9. The number of hydrogen-bond acceptors (Lipinski definition) is 2. The Bertz CT molecular complexity index is 897. The van der Waals surface area contributed by atoms with Gasteiger partial charge >= 0.3 is 5.97 Å². The van der Waals surface area contributed by atoms with Crippen molar-refractivity contribution in [2.45, 2.75) is 133 Å². The highest BCUT2D eigenvalue weighted by molar-refractivity contribution is 5.66. The first-order valence-corrected chi connectivity index (χ1v) is 14.5. The monoisotopic (exact) mass is 468 g/mol. The van der Waals surface area contributed by atoms with Crippen molar-refractivity contribution < 1.29 is 9.53 Å². The highest BCUT2D eigenvalue weighted by atomic mass is 16.5. The molecule has 0 heterocycles. The second-order valence-corrected chi connectivity index (χ2v) is 15.8. The van der Waals surface area contributed by atoms with Crippen molar-refractivity contribution in [2.75, 3.05) is 0 Å². The molecule has 0 aliphatic heterocycles. The van der Waals surface area contributed by atoms with Crippen molar-refractivity contribution in [3.8, 4) is 0 Å². The van der Waals surface area contributed by atoms with E-state index in [0.29, 0.717) is 33.0 Å². The van der Waals surface area contributed by atoms with E-state index >= 15 is 0 Å². The number of carbonyl (C=O) groups excluding carboxylic acids is 1. The zero-order valence-electron chi connectivity index (χ0n) is 23.8. The Labute approximate surface area is 210 Å². The van der Waals surface area contributed by atoms with Gasteiger partial charge in [-0.05, 0) is 109 Å². The van der Waals surface area contributed by atoms with Crippen molar-refractivity contribution in [2.24, 2.45) is 50.2 Å². The molecule has 2 heteroatoms. The molecule has 0 N–H and O–H groups in total. The first-order chi connectivity index (χ1) is 15.6. The maximum Gasteiger partial charge on any atom is 0.302 e. The molecule has 8 atom stereocenters. The van der Waals surface area contributed by atoms with Gasteiger partial charge in [-0.15, -0.1) is 0 Å². The summed E-state index contributed by atoms with van der Waals surface area (Å²) in [4.78, 5) is 11.9. The summed E-state index contributed by atoms with van der Waals surface area (Å²) in [6, 6.07) is 0. The van der Waals surface area contributed by atoms with Crippen LogP contribution in [-0.2, 0) is 9.53 Å². The lowest BCUT2D eigenvalue weighted by molar-refractivity contribution is -0.211. The summed E-state index contributed by atoms with van der Waals surface area (Å²) in [5, 5.41) is 0. The minimum atomic E-state index is -0.110. The maximum atomic E-state index is 11.9. The van der Waals surface area contributed by atoms with E-state index in [1.807, 2.05) is 5.57 Å². The summed E-state index contributed by atoms with van der Waals surface area (Å²) in [5.41, 5.74) is 3.92. The molecular formula is C32H52O2. The van der Waals surface area contributed by atoms with Crippen LogP contribution in [0, 0.1) is 50.2 Å². The van der Waals surface area contributed by atoms with Gasteiger partial charge in [0.2, 0.25) is 0 Å².